The smallest absolute Gasteiger partial charge is 0.407 e. The van der Waals surface area contributed by atoms with Crippen molar-refractivity contribution in [3.05, 3.63) is 95.6 Å². The van der Waals surface area contributed by atoms with E-state index < -0.39 is 30.1 Å². The normalized spacial score (nSPS) is 13.8. The summed E-state index contributed by atoms with van der Waals surface area (Å²) >= 11 is 0. The van der Waals surface area contributed by atoms with Gasteiger partial charge in [0.05, 0.1) is 0 Å². The molecule has 2 atom stereocenters. The summed E-state index contributed by atoms with van der Waals surface area (Å²) < 4.78 is 5.51. The fourth-order valence-corrected chi connectivity index (χ4v) is 4.31. The monoisotopic (exact) mass is 458 g/mol. The number of fused-ring (bicyclic) bond motifs is 3. The highest BCUT2D eigenvalue weighted by molar-refractivity contribution is 5.89. The van der Waals surface area contributed by atoms with E-state index in [1.807, 2.05) is 36.4 Å². The first-order valence-electron chi connectivity index (χ1n) is 11.2. The molecular weight excluding hydrogens is 432 g/mol. The molecule has 0 aliphatic heterocycles. The van der Waals surface area contributed by atoms with Crippen LogP contribution in [0.3, 0.4) is 0 Å². The van der Waals surface area contributed by atoms with Crippen molar-refractivity contribution in [2.75, 3.05) is 6.61 Å². The number of amides is 2. The summed E-state index contributed by atoms with van der Waals surface area (Å²) in [5.74, 6) is -1.87. The summed E-state index contributed by atoms with van der Waals surface area (Å²) in [5, 5.41) is 14.6. The molecule has 3 aromatic rings. The van der Waals surface area contributed by atoms with E-state index in [0.717, 1.165) is 22.3 Å². The number of carbonyl (C=O) groups excluding carboxylic acids is 2. The van der Waals surface area contributed by atoms with Crippen LogP contribution in [0.2, 0.25) is 0 Å². The van der Waals surface area contributed by atoms with Crippen molar-refractivity contribution in [2.45, 2.75) is 31.3 Å². The second kappa shape index (κ2) is 10.2. The van der Waals surface area contributed by atoms with E-state index in [1.165, 1.54) is 0 Å². The van der Waals surface area contributed by atoms with Gasteiger partial charge in [0, 0.05) is 5.92 Å². The summed E-state index contributed by atoms with van der Waals surface area (Å²) in [4.78, 5) is 37.0. The van der Waals surface area contributed by atoms with E-state index in [1.54, 1.807) is 37.3 Å². The highest BCUT2D eigenvalue weighted by Gasteiger charge is 2.30. The molecule has 0 saturated carbocycles. The van der Waals surface area contributed by atoms with Crippen LogP contribution in [0.15, 0.2) is 78.9 Å². The van der Waals surface area contributed by atoms with Crippen molar-refractivity contribution in [3.63, 3.8) is 0 Å². The molecule has 7 nitrogen and oxygen atoms in total. The Morgan fingerprint density at radius 2 is 1.41 bits per heavy atom. The van der Waals surface area contributed by atoms with Crippen LogP contribution in [-0.4, -0.2) is 35.7 Å². The van der Waals surface area contributed by atoms with Gasteiger partial charge in [-0.25, -0.2) is 9.59 Å². The van der Waals surface area contributed by atoms with Gasteiger partial charge in [-0.1, -0.05) is 85.8 Å². The van der Waals surface area contributed by atoms with Crippen molar-refractivity contribution in [2.24, 2.45) is 0 Å². The molecule has 0 saturated heterocycles. The lowest BCUT2D eigenvalue weighted by atomic mass is 9.98. The van der Waals surface area contributed by atoms with Crippen LogP contribution in [0.5, 0.6) is 0 Å². The van der Waals surface area contributed by atoms with Gasteiger partial charge in [0.1, 0.15) is 12.6 Å². The highest BCUT2D eigenvalue weighted by atomic mass is 16.5. The molecule has 174 valence electrons. The minimum absolute atomic E-state index is 0.0958. The van der Waals surface area contributed by atoms with E-state index in [0.29, 0.717) is 5.56 Å². The summed E-state index contributed by atoms with van der Waals surface area (Å²) in [6, 6.07) is 22.3. The SMILES string of the molecule is CC[C@@H](NC(=O)OCC1c2ccccc2-c2ccccc21)C(=O)N[C@@H](C(=O)O)c1ccccc1. The zero-order chi connectivity index (χ0) is 24.1. The molecule has 1 aliphatic rings. The van der Waals surface area contributed by atoms with Crippen molar-refractivity contribution >= 4 is 18.0 Å². The third kappa shape index (κ3) is 4.78. The van der Waals surface area contributed by atoms with Crippen LogP contribution in [0.4, 0.5) is 4.79 Å². The maximum Gasteiger partial charge on any atom is 0.407 e. The Balaban J connectivity index is 1.39. The number of benzene rings is 3. The van der Waals surface area contributed by atoms with Gasteiger partial charge in [-0.15, -0.1) is 0 Å². The molecule has 0 bridgehead atoms. The van der Waals surface area contributed by atoms with Crippen molar-refractivity contribution < 1.29 is 24.2 Å². The third-order valence-corrected chi connectivity index (χ3v) is 6.03. The summed E-state index contributed by atoms with van der Waals surface area (Å²) in [6.45, 7) is 1.85. The highest BCUT2D eigenvalue weighted by Crippen LogP contribution is 2.44. The molecule has 4 rings (SSSR count). The van der Waals surface area contributed by atoms with E-state index in [9.17, 15) is 19.5 Å². The summed E-state index contributed by atoms with van der Waals surface area (Å²) in [6.07, 6.45) is -0.451. The molecule has 2 amide bonds. The van der Waals surface area contributed by atoms with E-state index >= 15 is 0 Å². The average molecular weight is 459 g/mol. The van der Waals surface area contributed by atoms with Crippen molar-refractivity contribution in [3.8, 4) is 11.1 Å². The molecule has 34 heavy (non-hydrogen) atoms. The van der Waals surface area contributed by atoms with Gasteiger partial charge in [-0.05, 0) is 34.2 Å². The molecular formula is C27H26N2O5. The van der Waals surface area contributed by atoms with Gasteiger partial charge in [0.2, 0.25) is 5.91 Å². The number of ether oxygens (including phenoxy) is 1. The number of nitrogens with one attached hydrogen (secondary N) is 2. The van der Waals surface area contributed by atoms with Crippen LogP contribution in [0.1, 0.15) is 42.0 Å². The predicted molar refractivity (Wildman–Crippen MR) is 127 cm³/mol. The molecule has 7 heteroatoms. The van der Waals surface area contributed by atoms with Crippen LogP contribution < -0.4 is 10.6 Å². The zero-order valence-corrected chi connectivity index (χ0v) is 18.7. The van der Waals surface area contributed by atoms with Gasteiger partial charge in [0.15, 0.2) is 6.04 Å². The Hall–Kier alpha value is -4.13. The van der Waals surface area contributed by atoms with Gasteiger partial charge in [-0.2, -0.15) is 0 Å². The van der Waals surface area contributed by atoms with Crippen molar-refractivity contribution in [1.29, 1.82) is 0 Å². The largest absolute Gasteiger partial charge is 0.479 e. The molecule has 1 aliphatic carbocycles. The topological polar surface area (TPSA) is 105 Å². The summed E-state index contributed by atoms with van der Waals surface area (Å²) in [5.41, 5.74) is 4.87. The number of carboxylic acids is 1. The van der Waals surface area contributed by atoms with Crippen LogP contribution >= 0.6 is 0 Å². The van der Waals surface area contributed by atoms with Crippen LogP contribution in [0.25, 0.3) is 11.1 Å². The molecule has 0 aromatic heterocycles. The average Bonchev–Trinajstić information content (AvgIpc) is 3.18. The molecule has 0 unspecified atom stereocenters. The molecule has 3 N–H and O–H groups in total. The second-order valence-corrected chi connectivity index (χ2v) is 8.12. The molecule has 0 fully saturated rings. The van der Waals surface area contributed by atoms with E-state index in [2.05, 4.69) is 22.8 Å². The first-order chi connectivity index (χ1) is 16.5. The third-order valence-electron chi connectivity index (χ3n) is 6.03. The van der Waals surface area contributed by atoms with Gasteiger partial charge >= 0.3 is 12.1 Å². The molecule has 0 spiro atoms. The van der Waals surface area contributed by atoms with E-state index in [4.69, 9.17) is 4.74 Å². The lowest BCUT2D eigenvalue weighted by molar-refractivity contribution is -0.142. The quantitative estimate of drug-likeness (QED) is 0.468. The number of carbonyl (C=O) groups is 3. The fraction of sp³-hybridized carbons (Fsp3) is 0.222. The minimum Gasteiger partial charge on any atom is -0.479 e. The Kier molecular flexibility index (Phi) is 6.92. The predicted octanol–water partition coefficient (Wildman–Crippen LogP) is 4.25. The number of alkyl carbamates (subject to hydrolysis) is 1. The Morgan fingerprint density at radius 1 is 0.853 bits per heavy atom. The fourth-order valence-electron chi connectivity index (χ4n) is 4.31. The number of hydrogen-bond donors (Lipinski definition) is 3. The summed E-state index contributed by atoms with van der Waals surface area (Å²) in [7, 11) is 0. The number of aliphatic carboxylic acids is 1. The lowest BCUT2D eigenvalue weighted by Gasteiger charge is -2.21. The van der Waals surface area contributed by atoms with Crippen molar-refractivity contribution in [1.82, 2.24) is 10.6 Å². The number of hydrogen-bond acceptors (Lipinski definition) is 4. The second-order valence-electron chi connectivity index (χ2n) is 8.12. The maximum atomic E-state index is 12.7. The molecule has 0 radical (unpaired) electrons. The van der Waals surface area contributed by atoms with Gasteiger partial charge in [0.25, 0.3) is 0 Å². The maximum absolute atomic E-state index is 12.7. The minimum atomic E-state index is -1.22. The first-order valence-corrected chi connectivity index (χ1v) is 11.2. The Morgan fingerprint density at radius 3 is 1.97 bits per heavy atom. The molecule has 3 aromatic carbocycles. The first kappa shape index (κ1) is 23.0. The lowest BCUT2D eigenvalue weighted by Crippen LogP contribution is -2.48. The Labute approximate surface area is 197 Å². The molecule has 0 heterocycles. The van der Waals surface area contributed by atoms with E-state index in [-0.39, 0.29) is 18.9 Å². The van der Waals surface area contributed by atoms with Crippen LogP contribution in [0, 0.1) is 0 Å². The van der Waals surface area contributed by atoms with Gasteiger partial charge < -0.3 is 20.5 Å². The van der Waals surface area contributed by atoms with Gasteiger partial charge in [-0.3, -0.25) is 4.79 Å². The van der Waals surface area contributed by atoms with Crippen LogP contribution in [-0.2, 0) is 14.3 Å². The zero-order valence-electron chi connectivity index (χ0n) is 18.7. The number of rotatable bonds is 8. The Bertz CT molecular complexity index is 1150. The standard InChI is InChI=1S/C27H26N2O5/c1-2-23(25(30)29-24(26(31)32)17-10-4-3-5-11-17)28-27(33)34-16-22-20-14-8-6-12-18(20)19-13-7-9-15-21(19)22/h3-15,22-24H,2,16H2,1H3,(H,28,33)(H,29,30)(H,31,32)/t23-,24-/m1/s1. The number of carboxylic acid groups (broad SMARTS) is 1.